The van der Waals surface area contributed by atoms with Crippen molar-refractivity contribution >= 4 is 35.3 Å². The van der Waals surface area contributed by atoms with Crippen LogP contribution in [0.1, 0.15) is 12.0 Å². The number of nitrogens with zero attached hydrogens (tertiary/aromatic N) is 1. The number of carbonyl (C=O) groups excluding carboxylic acids is 2. The summed E-state index contributed by atoms with van der Waals surface area (Å²) in [6.07, 6.45) is 0.981. The summed E-state index contributed by atoms with van der Waals surface area (Å²) in [6, 6.07) is 12.2. The van der Waals surface area contributed by atoms with E-state index in [-0.39, 0.29) is 0 Å². The van der Waals surface area contributed by atoms with Crippen LogP contribution < -0.4 is 10.7 Å². The number of anilines is 1. The molecular weight excluding hydrogens is 321 g/mol. The molecule has 0 aliphatic heterocycles. The van der Waals surface area contributed by atoms with Gasteiger partial charge in [0.1, 0.15) is 12.2 Å². The third kappa shape index (κ3) is 5.52. The molecule has 0 radical (unpaired) electrons. The SMILES string of the molecule is O=C(CC(=O)Nc1ccc(F)cc1)NN=Cc1ccccc1Cl. The molecule has 7 heteroatoms. The summed E-state index contributed by atoms with van der Waals surface area (Å²) in [5.74, 6) is -1.51. The van der Waals surface area contributed by atoms with Gasteiger partial charge in [0.25, 0.3) is 0 Å². The predicted octanol–water partition coefficient (Wildman–Crippen LogP) is 2.96. The van der Waals surface area contributed by atoms with Gasteiger partial charge in [0.2, 0.25) is 11.8 Å². The number of nitrogens with one attached hydrogen (secondary N) is 2. The summed E-state index contributed by atoms with van der Waals surface area (Å²) in [5.41, 5.74) is 3.29. The molecule has 0 bridgehead atoms. The number of hydrazone groups is 1. The average molecular weight is 334 g/mol. The van der Waals surface area contributed by atoms with Crippen LogP contribution in [-0.2, 0) is 9.59 Å². The van der Waals surface area contributed by atoms with Gasteiger partial charge in [0, 0.05) is 16.3 Å². The first-order valence-electron chi connectivity index (χ1n) is 6.66. The molecule has 5 nitrogen and oxygen atoms in total. The van der Waals surface area contributed by atoms with Crippen LogP contribution in [-0.4, -0.2) is 18.0 Å². The van der Waals surface area contributed by atoms with E-state index in [1.54, 1.807) is 24.3 Å². The van der Waals surface area contributed by atoms with E-state index < -0.39 is 24.1 Å². The van der Waals surface area contributed by atoms with Crippen molar-refractivity contribution in [3.63, 3.8) is 0 Å². The van der Waals surface area contributed by atoms with Crippen LogP contribution in [0.25, 0.3) is 0 Å². The lowest BCUT2D eigenvalue weighted by Gasteiger charge is -2.04. The van der Waals surface area contributed by atoms with Gasteiger partial charge in [-0.05, 0) is 30.3 Å². The van der Waals surface area contributed by atoms with Gasteiger partial charge in [-0.25, -0.2) is 9.82 Å². The van der Waals surface area contributed by atoms with Gasteiger partial charge < -0.3 is 5.32 Å². The Labute approximate surface area is 137 Å². The number of hydrogen-bond donors (Lipinski definition) is 2. The van der Waals surface area contributed by atoms with Gasteiger partial charge in [-0.3, -0.25) is 9.59 Å². The highest BCUT2D eigenvalue weighted by molar-refractivity contribution is 6.33. The van der Waals surface area contributed by atoms with Crippen LogP contribution in [0.15, 0.2) is 53.6 Å². The largest absolute Gasteiger partial charge is 0.326 e. The van der Waals surface area contributed by atoms with E-state index in [9.17, 15) is 14.0 Å². The highest BCUT2D eigenvalue weighted by Gasteiger charge is 2.09. The molecule has 0 heterocycles. The number of halogens is 2. The molecule has 0 aliphatic carbocycles. The van der Waals surface area contributed by atoms with E-state index >= 15 is 0 Å². The molecular formula is C16H13ClFN3O2. The minimum atomic E-state index is -0.576. The minimum Gasteiger partial charge on any atom is -0.326 e. The van der Waals surface area contributed by atoms with Gasteiger partial charge in [0.15, 0.2) is 0 Å². The molecule has 2 aromatic rings. The molecule has 0 spiro atoms. The van der Waals surface area contributed by atoms with E-state index in [1.807, 2.05) is 0 Å². The highest BCUT2D eigenvalue weighted by Crippen LogP contribution is 2.12. The van der Waals surface area contributed by atoms with Gasteiger partial charge >= 0.3 is 0 Å². The van der Waals surface area contributed by atoms with E-state index in [0.717, 1.165) is 0 Å². The molecule has 0 fully saturated rings. The van der Waals surface area contributed by atoms with E-state index in [2.05, 4.69) is 15.8 Å². The lowest BCUT2D eigenvalue weighted by Crippen LogP contribution is -2.24. The Balaban J connectivity index is 1.81. The van der Waals surface area contributed by atoms with E-state index in [4.69, 9.17) is 11.6 Å². The summed E-state index contributed by atoms with van der Waals surface area (Å²) in [6.45, 7) is 0. The molecule has 2 aromatic carbocycles. The Bertz CT molecular complexity index is 732. The molecule has 2 amide bonds. The first-order chi connectivity index (χ1) is 11.0. The quantitative estimate of drug-likeness (QED) is 0.501. The Morgan fingerprint density at radius 1 is 1.09 bits per heavy atom. The Morgan fingerprint density at radius 2 is 1.78 bits per heavy atom. The fourth-order valence-corrected chi connectivity index (χ4v) is 1.86. The first kappa shape index (κ1) is 16.6. The second kappa shape index (κ2) is 8.05. The topological polar surface area (TPSA) is 70.6 Å². The van der Waals surface area contributed by atoms with Gasteiger partial charge in [0.05, 0.1) is 6.21 Å². The van der Waals surface area contributed by atoms with Crippen LogP contribution in [0.5, 0.6) is 0 Å². The lowest BCUT2D eigenvalue weighted by molar-refractivity contribution is -0.126. The van der Waals surface area contributed by atoms with Gasteiger partial charge in [-0.15, -0.1) is 0 Å². The number of rotatable bonds is 5. The van der Waals surface area contributed by atoms with Crippen molar-refractivity contribution in [2.45, 2.75) is 6.42 Å². The second-order valence-electron chi connectivity index (χ2n) is 4.55. The van der Waals surface area contributed by atoms with Crippen molar-refractivity contribution in [1.29, 1.82) is 0 Å². The fraction of sp³-hybridized carbons (Fsp3) is 0.0625. The summed E-state index contributed by atoms with van der Waals surface area (Å²) < 4.78 is 12.7. The number of hydrogen-bond acceptors (Lipinski definition) is 3. The predicted molar refractivity (Wildman–Crippen MR) is 86.8 cm³/mol. The minimum absolute atomic E-state index is 0.406. The molecule has 23 heavy (non-hydrogen) atoms. The van der Waals surface area contributed by atoms with E-state index in [0.29, 0.717) is 16.3 Å². The molecule has 0 saturated carbocycles. The van der Waals surface area contributed by atoms with Gasteiger partial charge in [-0.2, -0.15) is 5.10 Å². The highest BCUT2D eigenvalue weighted by atomic mass is 35.5. The molecule has 2 N–H and O–H groups in total. The Morgan fingerprint density at radius 3 is 2.48 bits per heavy atom. The summed E-state index contributed by atoms with van der Waals surface area (Å²) in [4.78, 5) is 23.3. The van der Waals surface area contributed by atoms with E-state index in [1.165, 1.54) is 30.5 Å². The number of benzene rings is 2. The maximum atomic E-state index is 12.7. The average Bonchev–Trinajstić information content (AvgIpc) is 2.51. The monoisotopic (exact) mass is 333 g/mol. The van der Waals surface area contributed by atoms with Crippen LogP contribution in [0.4, 0.5) is 10.1 Å². The maximum absolute atomic E-state index is 12.7. The summed E-state index contributed by atoms with van der Waals surface area (Å²) in [5, 5.41) is 6.71. The van der Waals surface area contributed by atoms with Crippen LogP contribution in [0.2, 0.25) is 5.02 Å². The van der Waals surface area contributed by atoms with Crippen LogP contribution in [0, 0.1) is 5.82 Å². The van der Waals surface area contributed by atoms with Crippen LogP contribution in [0.3, 0.4) is 0 Å². The third-order valence-corrected chi connectivity index (χ3v) is 3.09. The second-order valence-corrected chi connectivity index (χ2v) is 4.95. The van der Waals surface area contributed by atoms with Crippen molar-refractivity contribution in [2.24, 2.45) is 5.10 Å². The zero-order valence-corrected chi connectivity index (χ0v) is 12.7. The Hall–Kier alpha value is -2.73. The maximum Gasteiger partial charge on any atom is 0.249 e. The van der Waals surface area contributed by atoms with Crippen molar-refractivity contribution in [1.82, 2.24) is 5.43 Å². The molecule has 0 aromatic heterocycles. The van der Waals surface area contributed by atoms with Gasteiger partial charge in [-0.1, -0.05) is 29.8 Å². The third-order valence-electron chi connectivity index (χ3n) is 2.75. The normalized spacial score (nSPS) is 10.5. The smallest absolute Gasteiger partial charge is 0.249 e. The zero-order valence-electron chi connectivity index (χ0n) is 11.9. The van der Waals surface area contributed by atoms with Crippen molar-refractivity contribution in [3.05, 3.63) is 64.9 Å². The molecule has 0 unspecified atom stereocenters. The number of amides is 2. The first-order valence-corrected chi connectivity index (χ1v) is 7.04. The summed E-state index contributed by atoms with van der Waals surface area (Å²) in [7, 11) is 0. The lowest BCUT2D eigenvalue weighted by atomic mass is 10.2. The molecule has 0 aliphatic rings. The summed E-state index contributed by atoms with van der Waals surface area (Å²) >= 11 is 5.93. The fourth-order valence-electron chi connectivity index (χ4n) is 1.68. The number of carbonyl (C=O) groups is 2. The standard InChI is InChI=1S/C16H13ClFN3O2/c17-14-4-2-1-3-11(14)10-19-21-16(23)9-15(22)20-13-7-5-12(18)6-8-13/h1-8,10H,9H2,(H,20,22)(H,21,23). The molecule has 2 rings (SSSR count). The molecule has 0 saturated heterocycles. The van der Waals surface area contributed by atoms with Crippen molar-refractivity contribution in [2.75, 3.05) is 5.32 Å². The Kier molecular flexibility index (Phi) is 5.82. The molecule has 118 valence electrons. The van der Waals surface area contributed by atoms with Crippen molar-refractivity contribution in [3.8, 4) is 0 Å². The van der Waals surface area contributed by atoms with Crippen LogP contribution >= 0.6 is 11.6 Å². The zero-order chi connectivity index (χ0) is 16.7. The molecule has 0 atom stereocenters. The van der Waals surface area contributed by atoms with Crippen molar-refractivity contribution < 1.29 is 14.0 Å².